The molecular weight excluding hydrogens is 216 g/mol. The fourth-order valence-corrected chi connectivity index (χ4v) is 2.69. The fraction of sp³-hybridized carbons (Fsp3) is 0.231. The van der Waals surface area contributed by atoms with Crippen LogP contribution in [0.3, 0.4) is 0 Å². The van der Waals surface area contributed by atoms with Gasteiger partial charge in [0, 0.05) is 19.3 Å². The Balaban J connectivity index is 2.14. The van der Waals surface area contributed by atoms with Gasteiger partial charge < -0.3 is 10.6 Å². The molecule has 0 amide bonds. The van der Waals surface area contributed by atoms with Crippen molar-refractivity contribution in [2.75, 3.05) is 17.7 Å². The van der Waals surface area contributed by atoms with Crippen LogP contribution in [0.2, 0.25) is 0 Å². The van der Waals surface area contributed by atoms with Crippen molar-refractivity contribution in [2.24, 2.45) is 0 Å². The van der Waals surface area contributed by atoms with E-state index in [9.17, 15) is 0 Å². The monoisotopic (exact) mass is 232 g/mol. The number of benzene rings is 1. The Morgan fingerprint density at radius 2 is 2.12 bits per heavy atom. The van der Waals surface area contributed by atoms with Gasteiger partial charge in [-0.2, -0.15) is 0 Å². The van der Waals surface area contributed by atoms with E-state index < -0.39 is 0 Å². The standard InChI is InChI=1S/C13H16N2S/c1-10-6-7-16-13(10)15(2)9-11-4-3-5-12(14)8-11/h3-8H,9,14H2,1-2H3. The molecule has 0 radical (unpaired) electrons. The van der Waals surface area contributed by atoms with E-state index in [-0.39, 0.29) is 0 Å². The highest BCUT2D eigenvalue weighted by molar-refractivity contribution is 7.14. The number of thiophene rings is 1. The molecule has 1 aromatic heterocycles. The predicted molar refractivity (Wildman–Crippen MR) is 72.0 cm³/mol. The third kappa shape index (κ3) is 2.36. The largest absolute Gasteiger partial charge is 0.399 e. The molecule has 2 aromatic rings. The van der Waals surface area contributed by atoms with Crippen LogP contribution >= 0.6 is 11.3 Å². The maximum atomic E-state index is 5.77. The Kier molecular flexibility index (Phi) is 3.15. The zero-order valence-electron chi connectivity index (χ0n) is 9.60. The van der Waals surface area contributed by atoms with Crippen LogP contribution < -0.4 is 10.6 Å². The molecule has 0 bridgehead atoms. The molecule has 0 fully saturated rings. The third-order valence-electron chi connectivity index (χ3n) is 2.55. The average molecular weight is 232 g/mol. The summed E-state index contributed by atoms with van der Waals surface area (Å²) in [7, 11) is 2.11. The number of hydrogen-bond acceptors (Lipinski definition) is 3. The van der Waals surface area contributed by atoms with Crippen molar-refractivity contribution < 1.29 is 0 Å². The van der Waals surface area contributed by atoms with Gasteiger partial charge in [0.25, 0.3) is 0 Å². The first-order chi connectivity index (χ1) is 7.66. The molecule has 16 heavy (non-hydrogen) atoms. The highest BCUT2D eigenvalue weighted by Gasteiger charge is 2.06. The lowest BCUT2D eigenvalue weighted by atomic mass is 10.2. The summed E-state index contributed by atoms with van der Waals surface area (Å²) in [6, 6.07) is 10.2. The molecule has 0 unspecified atom stereocenters. The van der Waals surface area contributed by atoms with E-state index in [0.29, 0.717) is 0 Å². The minimum Gasteiger partial charge on any atom is -0.399 e. The fourth-order valence-electron chi connectivity index (χ4n) is 1.79. The van der Waals surface area contributed by atoms with Gasteiger partial charge >= 0.3 is 0 Å². The van der Waals surface area contributed by atoms with Crippen molar-refractivity contribution in [3.8, 4) is 0 Å². The van der Waals surface area contributed by atoms with Crippen molar-refractivity contribution in [1.82, 2.24) is 0 Å². The van der Waals surface area contributed by atoms with Crippen LogP contribution in [0, 0.1) is 6.92 Å². The van der Waals surface area contributed by atoms with E-state index in [0.717, 1.165) is 12.2 Å². The van der Waals surface area contributed by atoms with Gasteiger partial charge in [-0.25, -0.2) is 0 Å². The van der Waals surface area contributed by atoms with E-state index in [1.165, 1.54) is 16.1 Å². The molecule has 1 heterocycles. The lowest BCUT2D eigenvalue weighted by Crippen LogP contribution is -2.15. The van der Waals surface area contributed by atoms with Crippen LogP contribution in [-0.2, 0) is 6.54 Å². The van der Waals surface area contributed by atoms with Gasteiger partial charge in [0.1, 0.15) is 0 Å². The molecule has 0 saturated heterocycles. The Morgan fingerprint density at radius 1 is 1.31 bits per heavy atom. The van der Waals surface area contributed by atoms with E-state index in [1.54, 1.807) is 11.3 Å². The number of nitrogen functional groups attached to an aromatic ring is 1. The first-order valence-corrected chi connectivity index (χ1v) is 6.14. The minimum absolute atomic E-state index is 0.828. The summed E-state index contributed by atoms with van der Waals surface area (Å²) in [6.07, 6.45) is 0. The summed E-state index contributed by atoms with van der Waals surface area (Å²) in [5.41, 5.74) is 9.17. The Labute approximate surface area is 100 Å². The topological polar surface area (TPSA) is 29.3 Å². The van der Waals surface area contributed by atoms with Crippen LogP contribution in [0.15, 0.2) is 35.7 Å². The molecular formula is C13H16N2S. The molecule has 0 spiro atoms. The summed E-state index contributed by atoms with van der Waals surface area (Å²) in [5, 5.41) is 3.45. The Morgan fingerprint density at radius 3 is 2.75 bits per heavy atom. The molecule has 2 N–H and O–H groups in total. The van der Waals surface area contributed by atoms with Gasteiger partial charge in [-0.15, -0.1) is 11.3 Å². The molecule has 1 aromatic carbocycles. The van der Waals surface area contributed by atoms with Gasteiger partial charge in [0.15, 0.2) is 0 Å². The number of aryl methyl sites for hydroxylation is 1. The molecule has 0 atom stereocenters. The van der Waals surface area contributed by atoms with E-state index in [1.807, 2.05) is 18.2 Å². The lowest BCUT2D eigenvalue weighted by molar-refractivity contribution is 0.931. The van der Waals surface area contributed by atoms with Crippen LogP contribution in [-0.4, -0.2) is 7.05 Å². The van der Waals surface area contributed by atoms with Crippen LogP contribution in [0.4, 0.5) is 10.7 Å². The smallest absolute Gasteiger partial charge is 0.0938 e. The summed E-state index contributed by atoms with van der Waals surface area (Å²) in [5.74, 6) is 0. The number of anilines is 2. The summed E-state index contributed by atoms with van der Waals surface area (Å²) in [6.45, 7) is 3.04. The van der Waals surface area contributed by atoms with E-state index >= 15 is 0 Å². The lowest BCUT2D eigenvalue weighted by Gasteiger charge is -2.18. The molecule has 3 heteroatoms. The highest BCUT2D eigenvalue weighted by atomic mass is 32.1. The van der Waals surface area contributed by atoms with Gasteiger partial charge in [-0.3, -0.25) is 0 Å². The molecule has 2 nitrogen and oxygen atoms in total. The van der Waals surface area contributed by atoms with E-state index in [4.69, 9.17) is 5.73 Å². The number of hydrogen-bond donors (Lipinski definition) is 1. The summed E-state index contributed by atoms with van der Waals surface area (Å²) >= 11 is 1.78. The van der Waals surface area contributed by atoms with Gasteiger partial charge in [0.05, 0.1) is 5.00 Å². The Bertz CT molecular complexity index is 476. The maximum Gasteiger partial charge on any atom is 0.0938 e. The van der Waals surface area contributed by atoms with Crippen LogP contribution in [0.1, 0.15) is 11.1 Å². The second-order valence-electron chi connectivity index (χ2n) is 4.01. The zero-order valence-corrected chi connectivity index (χ0v) is 10.4. The number of rotatable bonds is 3. The Hall–Kier alpha value is -1.48. The normalized spacial score (nSPS) is 10.4. The van der Waals surface area contributed by atoms with Crippen LogP contribution in [0.25, 0.3) is 0 Å². The minimum atomic E-state index is 0.828. The predicted octanol–water partition coefficient (Wildman–Crippen LogP) is 3.28. The first-order valence-electron chi connectivity index (χ1n) is 5.26. The average Bonchev–Trinajstić information content (AvgIpc) is 2.64. The molecule has 0 aliphatic carbocycles. The quantitative estimate of drug-likeness (QED) is 0.823. The molecule has 2 rings (SSSR count). The highest BCUT2D eigenvalue weighted by Crippen LogP contribution is 2.27. The van der Waals surface area contributed by atoms with Gasteiger partial charge in [-0.05, 0) is 41.6 Å². The van der Waals surface area contributed by atoms with Crippen LogP contribution in [0.5, 0.6) is 0 Å². The van der Waals surface area contributed by atoms with E-state index in [2.05, 4.69) is 36.4 Å². The molecule has 0 aliphatic rings. The zero-order chi connectivity index (χ0) is 11.5. The SMILES string of the molecule is Cc1ccsc1N(C)Cc1cccc(N)c1. The summed E-state index contributed by atoms with van der Waals surface area (Å²) in [4.78, 5) is 2.26. The van der Waals surface area contributed by atoms with Crippen molar-refractivity contribution >= 4 is 22.0 Å². The summed E-state index contributed by atoms with van der Waals surface area (Å²) < 4.78 is 0. The maximum absolute atomic E-state index is 5.77. The molecule has 0 aliphatic heterocycles. The van der Waals surface area contributed by atoms with Crippen molar-refractivity contribution in [1.29, 1.82) is 0 Å². The second kappa shape index (κ2) is 4.58. The van der Waals surface area contributed by atoms with Gasteiger partial charge in [0.2, 0.25) is 0 Å². The second-order valence-corrected chi connectivity index (χ2v) is 4.90. The van der Waals surface area contributed by atoms with Crippen molar-refractivity contribution in [2.45, 2.75) is 13.5 Å². The third-order valence-corrected chi connectivity index (χ3v) is 3.68. The molecule has 84 valence electrons. The number of nitrogens with zero attached hydrogens (tertiary/aromatic N) is 1. The van der Waals surface area contributed by atoms with Gasteiger partial charge in [-0.1, -0.05) is 12.1 Å². The first kappa shape index (κ1) is 11.0. The number of nitrogens with two attached hydrogens (primary N) is 1. The molecule has 0 saturated carbocycles. The van der Waals surface area contributed by atoms with Crippen molar-refractivity contribution in [3.05, 3.63) is 46.8 Å². The van der Waals surface area contributed by atoms with Crippen molar-refractivity contribution in [3.63, 3.8) is 0 Å².